The molecule has 4 nitrogen and oxygen atoms in total. The number of rotatable bonds is 2. The molecule has 0 radical (unpaired) electrons. The first-order valence-corrected chi connectivity index (χ1v) is 6.57. The Kier molecular flexibility index (Phi) is 3.23. The van der Waals surface area contributed by atoms with Gasteiger partial charge in [0.2, 0.25) is 0 Å². The van der Waals surface area contributed by atoms with Crippen LogP contribution in [-0.4, -0.2) is 10.1 Å². The lowest BCUT2D eigenvalue weighted by Gasteiger charge is -2.03. The number of nitrogens with two attached hydrogens (primary N) is 1. The molecule has 3 aromatic rings. The Morgan fingerprint density at radius 2 is 2.05 bits per heavy atom. The average Bonchev–Trinajstić information content (AvgIpc) is 2.85. The number of benzene rings is 1. The van der Waals surface area contributed by atoms with Gasteiger partial charge in [-0.2, -0.15) is 0 Å². The molecule has 0 amide bonds. The van der Waals surface area contributed by atoms with Crippen molar-refractivity contribution in [1.82, 2.24) is 10.1 Å². The summed E-state index contributed by atoms with van der Waals surface area (Å²) in [5.41, 5.74) is 7.79. The van der Waals surface area contributed by atoms with E-state index in [2.05, 4.69) is 26.1 Å². The summed E-state index contributed by atoms with van der Waals surface area (Å²) < 4.78 is 19.3. The fourth-order valence-corrected chi connectivity index (χ4v) is 2.17. The van der Waals surface area contributed by atoms with E-state index in [1.165, 1.54) is 6.07 Å². The lowest BCUT2D eigenvalue weighted by atomic mass is 10.0. The molecule has 2 aromatic heterocycles. The smallest absolute Gasteiger partial charge is 0.177 e. The molecule has 100 valence electrons. The number of hydrogen-bond donors (Lipinski definition) is 1. The molecule has 0 bridgehead atoms. The molecular weight excluding hydrogens is 325 g/mol. The number of nitrogens with zero attached hydrogens (tertiary/aromatic N) is 2. The molecule has 20 heavy (non-hydrogen) atoms. The SMILES string of the molecule is Nc1noc(-c2ccc(Br)c(F)c2)c1-c1cccnc1. The summed E-state index contributed by atoms with van der Waals surface area (Å²) in [5, 5.41) is 3.76. The van der Waals surface area contributed by atoms with Gasteiger partial charge in [-0.3, -0.25) is 4.98 Å². The van der Waals surface area contributed by atoms with Crippen molar-refractivity contribution in [3.8, 4) is 22.5 Å². The Morgan fingerprint density at radius 3 is 2.75 bits per heavy atom. The van der Waals surface area contributed by atoms with Gasteiger partial charge in [0.05, 0.1) is 10.0 Å². The van der Waals surface area contributed by atoms with Crippen LogP contribution in [0.2, 0.25) is 0 Å². The van der Waals surface area contributed by atoms with Gasteiger partial charge in [-0.05, 0) is 40.2 Å². The Labute approximate surface area is 122 Å². The second-order valence-electron chi connectivity index (χ2n) is 4.14. The lowest BCUT2D eigenvalue weighted by Crippen LogP contribution is -1.89. The second-order valence-corrected chi connectivity index (χ2v) is 5.00. The molecule has 0 spiro atoms. The molecule has 0 aliphatic carbocycles. The molecule has 0 atom stereocenters. The molecule has 0 saturated heterocycles. The van der Waals surface area contributed by atoms with E-state index in [4.69, 9.17) is 10.3 Å². The summed E-state index contributed by atoms with van der Waals surface area (Å²) in [7, 11) is 0. The van der Waals surface area contributed by atoms with Crippen molar-refractivity contribution in [2.75, 3.05) is 5.73 Å². The van der Waals surface area contributed by atoms with Crippen molar-refractivity contribution in [3.63, 3.8) is 0 Å². The quantitative estimate of drug-likeness (QED) is 0.772. The van der Waals surface area contributed by atoms with Gasteiger partial charge >= 0.3 is 0 Å². The van der Waals surface area contributed by atoms with Crippen molar-refractivity contribution < 1.29 is 8.91 Å². The van der Waals surface area contributed by atoms with Gasteiger partial charge in [0.15, 0.2) is 11.6 Å². The van der Waals surface area contributed by atoms with E-state index >= 15 is 0 Å². The molecule has 2 heterocycles. The number of nitrogen functional groups attached to an aromatic ring is 1. The van der Waals surface area contributed by atoms with Crippen LogP contribution in [0.3, 0.4) is 0 Å². The first-order chi connectivity index (χ1) is 9.66. The van der Waals surface area contributed by atoms with Crippen molar-refractivity contribution in [1.29, 1.82) is 0 Å². The van der Waals surface area contributed by atoms with Crippen LogP contribution in [0.5, 0.6) is 0 Å². The standard InChI is InChI=1S/C14H9BrFN3O/c15-10-4-3-8(6-11(10)16)13-12(14(17)19-20-13)9-2-1-5-18-7-9/h1-7H,(H2,17,19). The third-order valence-corrected chi connectivity index (χ3v) is 3.49. The summed E-state index contributed by atoms with van der Waals surface area (Å²) in [5.74, 6) is 0.285. The topological polar surface area (TPSA) is 64.9 Å². The molecule has 0 aliphatic rings. The number of pyridine rings is 1. The average molecular weight is 334 g/mol. The van der Waals surface area contributed by atoms with Gasteiger partial charge in [-0.25, -0.2) is 4.39 Å². The summed E-state index contributed by atoms with van der Waals surface area (Å²) in [6, 6.07) is 8.33. The van der Waals surface area contributed by atoms with Gasteiger partial charge in [-0.1, -0.05) is 11.2 Å². The van der Waals surface area contributed by atoms with Crippen LogP contribution in [0.15, 0.2) is 51.7 Å². The molecule has 0 saturated carbocycles. The summed E-state index contributed by atoms with van der Waals surface area (Å²) in [6.07, 6.45) is 3.31. The first kappa shape index (κ1) is 12.8. The Morgan fingerprint density at radius 1 is 1.20 bits per heavy atom. The molecule has 6 heteroatoms. The zero-order valence-electron chi connectivity index (χ0n) is 10.2. The Balaban J connectivity index is 2.18. The van der Waals surface area contributed by atoms with Gasteiger partial charge < -0.3 is 10.3 Å². The minimum absolute atomic E-state index is 0.247. The molecule has 0 aliphatic heterocycles. The lowest BCUT2D eigenvalue weighted by molar-refractivity contribution is 0.436. The van der Waals surface area contributed by atoms with Crippen LogP contribution < -0.4 is 5.73 Å². The van der Waals surface area contributed by atoms with Gasteiger partial charge in [0.25, 0.3) is 0 Å². The highest BCUT2D eigenvalue weighted by Gasteiger charge is 2.18. The minimum atomic E-state index is -0.380. The number of aromatic nitrogens is 2. The molecule has 0 unspecified atom stereocenters. The van der Waals surface area contributed by atoms with Crippen LogP contribution in [0.25, 0.3) is 22.5 Å². The third-order valence-electron chi connectivity index (χ3n) is 2.85. The predicted octanol–water partition coefficient (Wildman–Crippen LogP) is 3.89. The van der Waals surface area contributed by atoms with Crippen LogP contribution >= 0.6 is 15.9 Å². The summed E-state index contributed by atoms with van der Waals surface area (Å²) in [4.78, 5) is 4.04. The van der Waals surface area contributed by atoms with Gasteiger partial charge in [-0.15, -0.1) is 0 Å². The largest absolute Gasteiger partial charge is 0.380 e. The fraction of sp³-hybridized carbons (Fsp3) is 0. The Hall–Kier alpha value is -2.21. The van der Waals surface area contributed by atoms with E-state index in [9.17, 15) is 4.39 Å². The molecule has 2 N–H and O–H groups in total. The third kappa shape index (κ3) is 2.18. The zero-order valence-corrected chi connectivity index (χ0v) is 11.8. The normalized spacial score (nSPS) is 10.7. The maximum absolute atomic E-state index is 13.7. The van der Waals surface area contributed by atoms with E-state index < -0.39 is 0 Å². The number of hydrogen-bond acceptors (Lipinski definition) is 4. The second kappa shape index (κ2) is 5.05. The van der Waals surface area contributed by atoms with E-state index in [1.54, 1.807) is 30.6 Å². The number of anilines is 1. The highest BCUT2D eigenvalue weighted by molar-refractivity contribution is 9.10. The zero-order chi connectivity index (χ0) is 14.1. The molecule has 0 fully saturated rings. The molecule has 3 rings (SSSR count). The van der Waals surface area contributed by atoms with Crippen LogP contribution in [0.1, 0.15) is 0 Å². The van der Waals surface area contributed by atoms with Crippen LogP contribution in [0.4, 0.5) is 10.2 Å². The highest BCUT2D eigenvalue weighted by Crippen LogP contribution is 2.36. The van der Waals surface area contributed by atoms with Crippen molar-refractivity contribution in [3.05, 3.63) is 53.0 Å². The molecular formula is C14H9BrFN3O. The Bertz CT molecular complexity index is 758. The van der Waals surface area contributed by atoms with Crippen molar-refractivity contribution in [2.45, 2.75) is 0 Å². The molecule has 1 aromatic carbocycles. The monoisotopic (exact) mass is 333 g/mol. The fourth-order valence-electron chi connectivity index (χ4n) is 1.93. The van der Waals surface area contributed by atoms with E-state index in [1.807, 2.05) is 6.07 Å². The van der Waals surface area contributed by atoms with Gasteiger partial charge in [0.1, 0.15) is 5.82 Å². The van der Waals surface area contributed by atoms with Crippen LogP contribution in [-0.2, 0) is 0 Å². The maximum Gasteiger partial charge on any atom is 0.177 e. The van der Waals surface area contributed by atoms with E-state index in [0.717, 1.165) is 5.56 Å². The van der Waals surface area contributed by atoms with Crippen molar-refractivity contribution in [2.24, 2.45) is 0 Å². The van der Waals surface area contributed by atoms with Gasteiger partial charge in [0, 0.05) is 23.5 Å². The van der Waals surface area contributed by atoms with E-state index in [-0.39, 0.29) is 11.6 Å². The number of halogens is 2. The van der Waals surface area contributed by atoms with Crippen LogP contribution in [0, 0.1) is 5.82 Å². The first-order valence-electron chi connectivity index (χ1n) is 5.78. The minimum Gasteiger partial charge on any atom is -0.380 e. The summed E-state index contributed by atoms with van der Waals surface area (Å²) >= 11 is 3.11. The predicted molar refractivity (Wildman–Crippen MR) is 77.2 cm³/mol. The highest BCUT2D eigenvalue weighted by atomic mass is 79.9. The van der Waals surface area contributed by atoms with E-state index in [0.29, 0.717) is 21.4 Å². The van der Waals surface area contributed by atoms with Crippen molar-refractivity contribution >= 4 is 21.7 Å². The summed E-state index contributed by atoms with van der Waals surface area (Å²) in [6.45, 7) is 0. The maximum atomic E-state index is 13.7.